The van der Waals surface area contributed by atoms with Crippen molar-refractivity contribution >= 4 is 0 Å². The highest BCUT2D eigenvalue weighted by molar-refractivity contribution is 5.39. The summed E-state index contributed by atoms with van der Waals surface area (Å²) in [5.74, 6) is 7.47. The minimum absolute atomic E-state index is 0.381. The zero-order valence-electron chi connectivity index (χ0n) is 12.9. The van der Waals surface area contributed by atoms with Gasteiger partial charge in [-0.2, -0.15) is 0 Å². The van der Waals surface area contributed by atoms with Gasteiger partial charge in [-0.25, -0.2) is 0 Å². The third kappa shape index (κ3) is 7.18. The van der Waals surface area contributed by atoms with Gasteiger partial charge in [0.05, 0.1) is 6.54 Å². The minimum atomic E-state index is 0.381. The average Bonchev–Trinajstić information content (AvgIpc) is 2.43. The summed E-state index contributed by atoms with van der Waals surface area (Å²) in [6, 6.07) is 7.83. The van der Waals surface area contributed by atoms with Crippen LogP contribution in [0.4, 0.5) is 0 Å². The van der Waals surface area contributed by atoms with Gasteiger partial charge in [-0.3, -0.25) is 0 Å². The first-order valence-corrected chi connectivity index (χ1v) is 7.22. The van der Waals surface area contributed by atoms with E-state index in [0.717, 1.165) is 30.3 Å². The fraction of sp³-hybridized carbons (Fsp3) is 0.529. The molecule has 0 radical (unpaired) electrons. The molecule has 0 unspecified atom stereocenters. The minimum Gasteiger partial charge on any atom is -0.492 e. The first-order chi connectivity index (χ1) is 9.61. The largest absolute Gasteiger partial charge is 0.492 e. The number of nitrogens with zero attached hydrogens (tertiary/aromatic N) is 1. The van der Waals surface area contributed by atoms with Gasteiger partial charge in [0.1, 0.15) is 12.4 Å². The maximum absolute atomic E-state index is 5.76. The van der Waals surface area contributed by atoms with E-state index < -0.39 is 0 Å². The van der Waals surface area contributed by atoms with Gasteiger partial charge >= 0.3 is 0 Å². The third-order valence-corrected chi connectivity index (χ3v) is 3.00. The van der Waals surface area contributed by atoms with Crippen LogP contribution in [0.3, 0.4) is 0 Å². The molecule has 0 fully saturated rings. The van der Waals surface area contributed by atoms with E-state index in [9.17, 15) is 0 Å². The van der Waals surface area contributed by atoms with E-state index in [-0.39, 0.29) is 0 Å². The molecule has 1 aromatic rings. The molecule has 0 saturated heterocycles. The molecule has 0 heterocycles. The molecular weight excluding hydrogens is 248 g/mol. The lowest BCUT2D eigenvalue weighted by Gasteiger charge is -2.18. The second-order valence-electron chi connectivity index (χ2n) is 5.37. The van der Waals surface area contributed by atoms with Gasteiger partial charge in [0.15, 0.2) is 0 Å². The molecule has 0 atom stereocenters. The molecule has 3 heteroatoms. The van der Waals surface area contributed by atoms with Gasteiger partial charge in [-0.05, 0) is 44.1 Å². The standard InChI is InChI=1S/C17H26N2O/c1-15(2)9-11-19(3)12-13-20-17-8-4-6-16(14-17)7-5-10-18/h4,6,8,14-15H,9-13,18H2,1-3H3. The van der Waals surface area contributed by atoms with Crippen molar-refractivity contribution in [3.63, 3.8) is 0 Å². The van der Waals surface area contributed by atoms with Crippen LogP contribution in [0.1, 0.15) is 25.8 Å². The number of hydrogen-bond acceptors (Lipinski definition) is 3. The lowest BCUT2D eigenvalue weighted by atomic mass is 10.1. The predicted octanol–water partition coefficient (Wildman–Crippen LogP) is 2.35. The van der Waals surface area contributed by atoms with Gasteiger partial charge < -0.3 is 15.4 Å². The summed E-state index contributed by atoms with van der Waals surface area (Å²) in [5.41, 5.74) is 6.31. The van der Waals surface area contributed by atoms with Gasteiger partial charge in [0, 0.05) is 12.1 Å². The molecule has 0 bridgehead atoms. The van der Waals surface area contributed by atoms with Crippen molar-refractivity contribution in [1.29, 1.82) is 0 Å². The van der Waals surface area contributed by atoms with Crippen molar-refractivity contribution in [1.82, 2.24) is 4.90 Å². The highest BCUT2D eigenvalue weighted by Gasteiger charge is 2.01. The molecule has 0 aliphatic carbocycles. The summed E-state index contributed by atoms with van der Waals surface area (Å²) in [5, 5.41) is 0. The van der Waals surface area contributed by atoms with Crippen molar-refractivity contribution < 1.29 is 4.74 Å². The Morgan fingerprint density at radius 2 is 2.10 bits per heavy atom. The summed E-state index contributed by atoms with van der Waals surface area (Å²) in [4.78, 5) is 2.30. The first-order valence-electron chi connectivity index (χ1n) is 7.22. The number of benzene rings is 1. The molecule has 0 aliphatic rings. The maximum atomic E-state index is 5.76. The fourth-order valence-electron chi connectivity index (χ4n) is 1.73. The average molecular weight is 274 g/mol. The normalized spacial score (nSPS) is 10.5. The molecule has 20 heavy (non-hydrogen) atoms. The second-order valence-corrected chi connectivity index (χ2v) is 5.37. The Morgan fingerprint density at radius 1 is 1.30 bits per heavy atom. The van der Waals surface area contributed by atoms with Crippen LogP contribution in [0.5, 0.6) is 5.75 Å². The van der Waals surface area contributed by atoms with E-state index in [0.29, 0.717) is 13.2 Å². The molecule has 2 N–H and O–H groups in total. The van der Waals surface area contributed by atoms with Crippen LogP contribution in [0.25, 0.3) is 0 Å². The van der Waals surface area contributed by atoms with E-state index in [1.54, 1.807) is 0 Å². The van der Waals surface area contributed by atoms with Crippen LogP contribution in [0, 0.1) is 17.8 Å². The summed E-state index contributed by atoms with van der Waals surface area (Å²) in [6.45, 7) is 7.62. The summed E-state index contributed by atoms with van der Waals surface area (Å²) < 4.78 is 5.76. The molecule has 1 aromatic carbocycles. The quantitative estimate of drug-likeness (QED) is 0.776. The monoisotopic (exact) mass is 274 g/mol. The lowest BCUT2D eigenvalue weighted by molar-refractivity contribution is 0.230. The highest BCUT2D eigenvalue weighted by Crippen LogP contribution is 2.12. The van der Waals surface area contributed by atoms with Gasteiger partial charge in [0.25, 0.3) is 0 Å². The molecular formula is C17H26N2O. The van der Waals surface area contributed by atoms with E-state index in [1.165, 1.54) is 6.42 Å². The number of likely N-dealkylation sites (N-methyl/N-ethyl adjacent to an activating group) is 1. The Bertz CT molecular complexity index is 446. The topological polar surface area (TPSA) is 38.5 Å². The Kier molecular flexibility index (Phi) is 7.79. The Hall–Kier alpha value is -1.50. The van der Waals surface area contributed by atoms with E-state index in [2.05, 4.69) is 37.6 Å². The molecule has 1 rings (SSSR count). The van der Waals surface area contributed by atoms with E-state index in [1.807, 2.05) is 24.3 Å². The van der Waals surface area contributed by atoms with Crippen molar-refractivity contribution in [2.45, 2.75) is 20.3 Å². The molecule has 0 amide bonds. The number of hydrogen-bond donors (Lipinski definition) is 1. The van der Waals surface area contributed by atoms with Gasteiger partial charge in [-0.1, -0.05) is 31.8 Å². The molecule has 0 saturated carbocycles. The Balaban J connectivity index is 2.34. The van der Waals surface area contributed by atoms with Crippen LogP contribution in [-0.2, 0) is 0 Å². The molecule has 0 aromatic heterocycles. The first kappa shape index (κ1) is 16.6. The molecule has 110 valence electrons. The number of rotatable bonds is 7. The van der Waals surface area contributed by atoms with Crippen molar-refractivity contribution in [3.8, 4) is 17.6 Å². The van der Waals surface area contributed by atoms with Gasteiger partial charge in [-0.15, -0.1) is 0 Å². The zero-order valence-corrected chi connectivity index (χ0v) is 12.9. The summed E-state index contributed by atoms with van der Waals surface area (Å²) in [6.07, 6.45) is 1.22. The van der Waals surface area contributed by atoms with E-state index in [4.69, 9.17) is 10.5 Å². The van der Waals surface area contributed by atoms with Crippen LogP contribution >= 0.6 is 0 Å². The SMILES string of the molecule is CC(C)CCN(C)CCOc1cccc(C#CCN)c1. The lowest BCUT2D eigenvalue weighted by Crippen LogP contribution is -2.26. The third-order valence-electron chi connectivity index (χ3n) is 3.00. The maximum Gasteiger partial charge on any atom is 0.120 e. The van der Waals surface area contributed by atoms with Crippen LogP contribution in [0.15, 0.2) is 24.3 Å². The highest BCUT2D eigenvalue weighted by atomic mass is 16.5. The number of nitrogens with two attached hydrogens (primary N) is 1. The van der Waals surface area contributed by atoms with Crippen molar-refractivity contribution in [2.75, 3.05) is 33.3 Å². The summed E-state index contributed by atoms with van der Waals surface area (Å²) in [7, 11) is 2.13. The van der Waals surface area contributed by atoms with Crippen LogP contribution < -0.4 is 10.5 Å². The van der Waals surface area contributed by atoms with Crippen molar-refractivity contribution in [3.05, 3.63) is 29.8 Å². The number of ether oxygens (including phenoxy) is 1. The van der Waals surface area contributed by atoms with E-state index >= 15 is 0 Å². The van der Waals surface area contributed by atoms with Crippen LogP contribution in [0.2, 0.25) is 0 Å². The molecule has 0 aliphatic heterocycles. The molecule has 3 nitrogen and oxygen atoms in total. The van der Waals surface area contributed by atoms with Crippen LogP contribution in [-0.4, -0.2) is 38.2 Å². The Morgan fingerprint density at radius 3 is 2.80 bits per heavy atom. The second kappa shape index (κ2) is 9.41. The summed E-state index contributed by atoms with van der Waals surface area (Å²) >= 11 is 0. The predicted molar refractivity (Wildman–Crippen MR) is 84.8 cm³/mol. The zero-order chi connectivity index (χ0) is 14.8. The van der Waals surface area contributed by atoms with Crippen molar-refractivity contribution in [2.24, 2.45) is 11.7 Å². The van der Waals surface area contributed by atoms with Gasteiger partial charge in [0.2, 0.25) is 0 Å². The smallest absolute Gasteiger partial charge is 0.120 e. The Labute approximate surface area is 123 Å². The fourth-order valence-corrected chi connectivity index (χ4v) is 1.73. The molecule has 0 spiro atoms.